The van der Waals surface area contributed by atoms with Crippen molar-refractivity contribution >= 4 is 28.2 Å². The first kappa shape index (κ1) is 13.0. The molecule has 0 fully saturated rings. The Kier molecular flexibility index (Phi) is 3.44. The normalized spacial score (nSPS) is 10.3. The molecule has 3 aromatic rings. The number of nitrogen functional groups attached to an aromatic ring is 1. The number of para-hydroxylation sites is 1. The third kappa shape index (κ3) is 2.52. The number of aromatic nitrogens is 2. The van der Waals surface area contributed by atoms with E-state index in [4.69, 9.17) is 5.84 Å². The number of nitrogens with two attached hydrogens (primary N) is 1. The molecule has 0 saturated carbocycles. The highest BCUT2D eigenvalue weighted by Crippen LogP contribution is 2.22. The van der Waals surface area contributed by atoms with Gasteiger partial charge in [-0.15, -0.1) is 0 Å². The van der Waals surface area contributed by atoms with Crippen LogP contribution in [-0.4, -0.2) is 15.9 Å². The highest BCUT2D eigenvalue weighted by Gasteiger charge is 2.12. The second kappa shape index (κ2) is 5.56. The van der Waals surface area contributed by atoms with Gasteiger partial charge in [0.1, 0.15) is 0 Å². The first-order valence-electron chi connectivity index (χ1n) is 6.35. The molecule has 0 radical (unpaired) electrons. The van der Waals surface area contributed by atoms with E-state index in [1.54, 1.807) is 12.3 Å². The summed E-state index contributed by atoms with van der Waals surface area (Å²) in [6.45, 7) is 0. The van der Waals surface area contributed by atoms with Crippen LogP contribution in [0.2, 0.25) is 0 Å². The van der Waals surface area contributed by atoms with E-state index in [1.807, 2.05) is 30.3 Å². The van der Waals surface area contributed by atoms with Gasteiger partial charge in [-0.05, 0) is 18.2 Å². The number of carbonyl (C=O) groups is 1. The fourth-order valence-electron chi connectivity index (χ4n) is 2.10. The number of benzene rings is 1. The quantitative estimate of drug-likeness (QED) is 0.504. The van der Waals surface area contributed by atoms with Crippen molar-refractivity contribution in [1.82, 2.24) is 9.97 Å². The van der Waals surface area contributed by atoms with Gasteiger partial charge in [-0.25, -0.2) is 0 Å². The van der Waals surface area contributed by atoms with Gasteiger partial charge < -0.3 is 10.7 Å². The fraction of sp³-hybridized carbons (Fsp3) is 0. The van der Waals surface area contributed by atoms with Crippen LogP contribution in [0, 0.1) is 0 Å². The Labute approximate surface area is 121 Å². The van der Waals surface area contributed by atoms with Crippen LogP contribution >= 0.6 is 0 Å². The van der Waals surface area contributed by atoms with Crippen molar-refractivity contribution in [1.29, 1.82) is 0 Å². The van der Waals surface area contributed by atoms with E-state index in [9.17, 15) is 4.79 Å². The molecule has 0 aliphatic carbocycles. The Morgan fingerprint density at radius 1 is 1.05 bits per heavy atom. The lowest BCUT2D eigenvalue weighted by molar-refractivity contribution is 0.102. The van der Waals surface area contributed by atoms with E-state index in [0.717, 1.165) is 10.9 Å². The summed E-state index contributed by atoms with van der Waals surface area (Å²) in [6.07, 6.45) is 4.73. The number of hydrogen-bond acceptors (Lipinski definition) is 5. The summed E-state index contributed by atoms with van der Waals surface area (Å²) in [5.41, 5.74) is 4.73. The van der Waals surface area contributed by atoms with Crippen molar-refractivity contribution in [3.05, 3.63) is 60.6 Å². The van der Waals surface area contributed by atoms with Crippen LogP contribution in [0.3, 0.4) is 0 Å². The number of hydrazine groups is 1. The summed E-state index contributed by atoms with van der Waals surface area (Å²) in [7, 11) is 0. The average molecular weight is 279 g/mol. The van der Waals surface area contributed by atoms with Crippen LogP contribution < -0.4 is 16.6 Å². The van der Waals surface area contributed by atoms with Gasteiger partial charge in [0.05, 0.1) is 28.7 Å². The molecule has 6 nitrogen and oxygen atoms in total. The van der Waals surface area contributed by atoms with E-state index in [-0.39, 0.29) is 5.91 Å². The van der Waals surface area contributed by atoms with Gasteiger partial charge >= 0.3 is 0 Å². The topological polar surface area (TPSA) is 92.9 Å². The Balaban J connectivity index is 1.97. The highest BCUT2D eigenvalue weighted by atomic mass is 16.1. The van der Waals surface area contributed by atoms with Crippen LogP contribution in [0.5, 0.6) is 0 Å². The predicted molar refractivity (Wildman–Crippen MR) is 81.7 cm³/mol. The van der Waals surface area contributed by atoms with Crippen molar-refractivity contribution in [2.24, 2.45) is 5.84 Å². The number of pyridine rings is 2. The fourth-order valence-corrected chi connectivity index (χ4v) is 2.10. The molecule has 0 aliphatic heterocycles. The van der Waals surface area contributed by atoms with Gasteiger partial charge in [-0.1, -0.05) is 18.2 Å². The zero-order valence-corrected chi connectivity index (χ0v) is 11.1. The lowest BCUT2D eigenvalue weighted by atomic mass is 10.1. The lowest BCUT2D eigenvalue weighted by Crippen LogP contribution is -2.17. The molecule has 0 spiro atoms. The molecule has 0 aliphatic rings. The second-order valence-corrected chi connectivity index (χ2v) is 4.40. The van der Waals surface area contributed by atoms with Crippen molar-refractivity contribution in [3.8, 4) is 0 Å². The molecule has 2 heterocycles. The maximum Gasteiger partial charge on any atom is 0.257 e. The molecule has 104 valence electrons. The average Bonchev–Trinajstić information content (AvgIpc) is 2.55. The van der Waals surface area contributed by atoms with Crippen molar-refractivity contribution in [2.75, 3.05) is 10.7 Å². The number of carbonyl (C=O) groups excluding carboxylic acids is 1. The van der Waals surface area contributed by atoms with Crippen LogP contribution in [0.4, 0.5) is 11.4 Å². The number of nitrogens with zero attached hydrogens (tertiary/aromatic N) is 2. The molecule has 0 unspecified atom stereocenters. The van der Waals surface area contributed by atoms with Crippen molar-refractivity contribution < 1.29 is 4.79 Å². The van der Waals surface area contributed by atoms with Gasteiger partial charge in [0, 0.05) is 17.8 Å². The van der Waals surface area contributed by atoms with Gasteiger partial charge in [0.15, 0.2) is 0 Å². The largest absolute Gasteiger partial charge is 0.322 e. The Morgan fingerprint density at radius 2 is 1.90 bits per heavy atom. The maximum absolute atomic E-state index is 12.4. The number of fused-ring (bicyclic) bond motifs is 1. The van der Waals surface area contributed by atoms with Crippen LogP contribution in [-0.2, 0) is 0 Å². The Bertz CT molecular complexity index is 797. The van der Waals surface area contributed by atoms with E-state index in [2.05, 4.69) is 20.7 Å². The van der Waals surface area contributed by atoms with Crippen LogP contribution in [0.15, 0.2) is 55.0 Å². The minimum Gasteiger partial charge on any atom is -0.322 e. The summed E-state index contributed by atoms with van der Waals surface area (Å²) >= 11 is 0. The zero-order valence-electron chi connectivity index (χ0n) is 11.1. The lowest BCUT2D eigenvalue weighted by Gasteiger charge is -2.10. The van der Waals surface area contributed by atoms with Gasteiger partial charge in [0.2, 0.25) is 0 Å². The molecular weight excluding hydrogens is 266 g/mol. The van der Waals surface area contributed by atoms with Crippen molar-refractivity contribution in [2.45, 2.75) is 0 Å². The van der Waals surface area contributed by atoms with E-state index in [1.165, 1.54) is 12.4 Å². The van der Waals surface area contributed by atoms with Gasteiger partial charge in [-0.2, -0.15) is 0 Å². The predicted octanol–water partition coefficient (Wildman–Crippen LogP) is 2.17. The Hall–Kier alpha value is -2.99. The SMILES string of the molecule is NNc1cnccc1C(=O)Nc1cccc2cccnc12. The van der Waals surface area contributed by atoms with Crippen molar-refractivity contribution in [3.63, 3.8) is 0 Å². The second-order valence-electron chi connectivity index (χ2n) is 4.40. The van der Waals surface area contributed by atoms with E-state index >= 15 is 0 Å². The minimum absolute atomic E-state index is 0.275. The highest BCUT2D eigenvalue weighted by molar-refractivity contribution is 6.10. The smallest absolute Gasteiger partial charge is 0.257 e. The van der Waals surface area contributed by atoms with E-state index < -0.39 is 0 Å². The molecule has 6 heteroatoms. The summed E-state index contributed by atoms with van der Waals surface area (Å²) in [5, 5.41) is 3.81. The first-order chi connectivity index (χ1) is 10.3. The molecule has 0 bridgehead atoms. The van der Waals surface area contributed by atoms with Gasteiger partial charge in [-0.3, -0.25) is 20.6 Å². The molecule has 0 atom stereocenters. The summed E-state index contributed by atoms with van der Waals surface area (Å²) in [5.74, 6) is 5.12. The van der Waals surface area contributed by atoms with Crippen LogP contribution in [0.25, 0.3) is 10.9 Å². The molecule has 1 aromatic carbocycles. The first-order valence-corrected chi connectivity index (χ1v) is 6.35. The molecule has 3 rings (SSSR count). The Morgan fingerprint density at radius 3 is 2.76 bits per heavy atom. The molecular formula is C15H13N5O. The number of anilines is 2. The third-order valence-electron chi connectivity index (χ3n) is 3.10. The van der Waals surface area contributed by atoms with Crippen LogP contribution in [0.1, 0.15) is 10.4 Å². The molecule has 1 amide bonds. The standard InChI is InChI=1S/C15H13N5O/c16-20-13-9-17-8-6-11(13)15(21)19-12-5-1-3-10-4-2-7-18-14(10)12/h1-9,20H,16H2,(H,19,21). The number of rotatable bonds is 3. The molecule has 21 heavy (non-hydrogen) atoms. The summed E-state index contributed by atoms with van der Waals surface area (Å²) in [4.78, 5) is 20.6. The summed E-state index contributed by atoms with van der Waals surface area (Å²) in [6, 6.07) is 11.0. The minimum atomic E-state index is -0.275. The van der Waals surface area contributed by atoms with E-state index in [0.29, 0.717) is 16.9 Å². The third-order valence-corrected chi connectivity index (χ3v) is 3.10. The van der Waals surface area contributed by atoms with Gasteiger partial charge in [0.25, 0.3) is 5.91 Å². The molecule has 4 N–H and O–H groups in total. The zero-order chi connectivity index (χ0) is 14.7. The maximum atomic E-state index is 12.4. The summed E-state index contributed by atoms with van der Waals surface area (Å²) < 4.78 is 0. The number of amides is 1. The number of nitrogens with one attached hydrogen (secondary N) is 2. The molecule has 0 saturated heterocycles. The molecule has 2 aromatic heterocycles. The monoisotopic (exact) mass is 279 g/mol. The number of hydrogen-bond donors (Lipinski definition) is 3.